The first-order chi connectivity index (χ1) is 13.1. The smallest absolute Gasteiger partial charge is 0.162 e. The van der Waals surface area contributed by atoms with Crippen molar-refractivity contribution >= 4 is 17.9 Å². The molecule has 8 N–H and O–H groups in total. The van der Waals surface area contributed by atoms with Crippen LogP contribution in [0, 0.1) is 17.3 Å². The molecule has 0 radical (unpaired) electrons. The number of aliphatic hydroxyl groups is 2. The number of aldehydes is 1. The molecule has 4 aliphatic rings. The SMILES string of the molecule is N[C@@]12CC[C@H](C(=O)CO)[C@@]1(C=O)C[C@H](O)[C@@H]1[C@@]3(N)CCC(=O)C=C3CC[C@]12N. The van der Waals surface area contributed by atoms with Gasteiger partial charge in [0.15, 0.2) is 11.6 Å². The molecular formula is C20H29N3O5. The van der Waals surface area contributed by atoms with E-state index in [1.54, 1.807) is 6.08 Å². The van der Waals surface area contributed by atoms with Gasteiger partial charge in [-0.05, 0) is 50.2 Å². The van der Waals surface area contributed by atoms with Crippen LogP contribution in [0.15, 0.2) is 11.6 Å². The second kappa shape index (κ2) is 6.03. The molecule has 0 saturated heterocycles. The average Bonchev–Trinajstić information content (AvgIpc) is 2.96. The van der Waals surface area contributed by atoms with Gasteiger partial charge in [0, 0.05) is 34.9 Å². The Balaban J connectivity index is 1.87. The van der Waals surface area contributed by atoms with E-state index in [0.717, 1.165) is 5.57 Å². The number of hydrogen-bond donors (Lipinski definition) is 5. The fourth-order valence-corrected chi connectivity index (χ4v) is 7.12. The highest BCUT2D eigenvalue weighted by atomic mass is 16.3. The van der Waals surface area contributed by atoms with Crippen LogP contribution in [-0.2, 0) is 14.4 Å². The summed E-state index contributed by atoms with van der Waals surface area (Å²) in [6.07, 6.45) is 3.38. The molecule has 0 unspecified atom stereocenters. The lowest BCUT2D eigenvalue weighted by molar-refractivity contribution is -0.161. The van der Waals surface area contributed by atoms with Crippen molar-refractivity contribution in [2.75, 3.05) is 6.61 Å². The van der Waals surface area contributed by atoms with Crippen molar-refractivity contribution in [1.29, 1.82) is 0 Å². The molecule has 0 amide bonds. The molecular weight excluding hydrogens is 362 g/mol. The lowest BCUT2D eigenvalue weighted by atomic mass is 9.42. The first-order valence-corrected chi connectivity index (χ1v) is 9.98. The third-order valence-electron chi connectivity index (χ3n) is 8.43. The highest BCUT2D eigenvalue weighted by Crippen LogP contribution is 2.65. The van der Waals surface area contributed by atoms with E-state index in [9.17, 15) is 24.6 Å². The Morgan fingerprint density at radius 2 is 1.93 bits per heavy atom. The number of rotatable bonds is 3. The number of carbonyl (C=O) groups is 3. The van der Waals surface area contributed by atoms with Crippen LogP contribution in [-0.4, -0.2) is 57.4 Å². The Morgan fingerprint density at radius 3 is 2.57 bits per heavy atom. The maximum Gasteiger partial charge on any atom is 0.162 e. The zero-order chi connectivity index (χ0) is 20.5. The van der Waals surface area contributed by atoms with Gasteiger partial charge in [0.1, 0.15) is 12.9 Å². The Kier molecular flexibility index (Phi) is 4.27. The molecule has 7 atom stereocenters. The number of aliphatic hydroxyl groups excluding tert-OH is 2. The van der Waals surface area contributed by atoms with E-state index in [1.165, 1.54) is 0 Å². The van der Waals surface area contributed by atoms with E-state index in [0.29, 0.717) is 38.4 Å². The minimum Gasteiger partial charge on any atom is -0.393 e. The molecule has 0 aliphatic heterocycles. The van der Waals surface area contributed by atoms with Crippen LogP contribution in [0.3, 0.4) is 0 Å². The van der Waals surface area contributed by atoms with Gasteiger partial charge >= 0.3 is 0 Å². The normalized spacial score (nSPS) is 50.2. The van der Waals surface area contributed by atoms with Gasteiger partial charge in [0.2, 0.25) is 0 Å². The van der Waals surface area contributed by atoms with E-state index >= 15 is 0 Å². The summed E-state index contributed by atoms with van der Waals surface area (Å²) in [7, 11) is 0. The Bertz CT molecular complexity index is 784. The molecule has 0 aromatic heterocycles. The van der Waals surface area contributed by atoms with Crippen molar-refractivity contribution in [3.63, 3.8) is 0 Å². The zero-order valence-electron chi connectivity index (χ0n) is 15.9. The van der Waals surface area contributed by atoms with Gasteiger partial charge in [-0.3, -0.25) is 9.59 Å². The summed E-state index contributed by atoms with van der Waals surface area (Å²) in [6.45, 7) is -0.677. The molecule has 4 rings (SSSR count). The molecule has 8 nitrogen and oxygen atoms in total. The van der Waals surface area contributed by atoms with Crippen LogP contribution in [0.25, 0.3) is 0 Å². The fourth-order valence-electron chi connectivity index (χ4n) is 7.12. The minimum absolute atomic E-state index is 0.0186. The van der Waals surface area contributed by atoms with Crippen molar-refractivity contribution in [3.8, 4) is 0 Å². The van der Waals surface area contributed by atoms with Crippen LogP contribution >= 0.6 is 0 Å². The maximum atomic E-state index is 12.4. The minimum atomic E-state index is -1.33. The van der Waals surface area contributed by atoms with Crippen molar-refractivity contribution in [2.24, 2.45) is 34.5 Å². The summed E-state index contributed by atoms with van der Waals surface area (Å²) >= 11 is 0. The monoisotopic (exact) mass is 391 g/mol. The first-order valence-electron chi connectivity index (χ1n) is 9.98. The Morgan fingerprint density at radius 1 is 1.21 bits per heavy atom. The van der Waals surface area contributed by atoms with E-state index in [-0.39, 0.29) is 18.6 Å². The zero-order valence-corrected chi connectivity index (χ0v) is 15.9. The third kappa shape index (κ3) is 2.10. The maximum absolute atomic E-state index is 12.4. The number of ketones is 2. The van der Waals surface area contributed by atoms with E-state index in [2.05, 4.69) is 0 Å². The highest BCUT2D eigenvalue weighted by molar-refractivity contribution is 5.92. The highest BCUT2D eigenvalue weighted by Gasteiger charge is 2.76. The third-order valence-corrected chi connectivity index (χ3v) is 8.43. The number of hydrogen-bond acceptors (Lipinski definition) is 8. The second-order valence-corrected chi connectivity index (χ2v) is 9.31. The van der Waals surface area contributed by atoms with Gasteiger partial charge in [-0.2, -0.15) is 0 Å². The molecule has 28 heavy (non-hydrogen) atoms. The average molecular weight is 391 g/mol. The summed E-state index contributed by atoms with van der Waals surface area (Å²) < 4.78 is 0. The van der Waals surface area contributed by atoms with Gasteiger partial charge < -0.3 is 32.2 Å². The van der Waals surface area contributed by atoms with E-state index in [4.69, 9.17) is 17.2 Å². The molecule has 3 saturated carbocycles. The molecule has 0 aromatic rings. The standard InChI is InChI=1S/C20H29N3O5/c21-18-4-2-12(26)7-11(18)1-5-19(22)16(18)14(27)8-17(10-25)13(15(28)9-24)3-6-20(17,19)23/h7,10,13-14,16,24,27H,1-6,8-9,21-23H2/t13-,14+,16-,17+,18-,19+,20+/m1/s1. The van der Waals surface area contributed by atoms with Gasteiger partial charge in [0.25, 0.3) is 0 Å². The summed E-state index contributed by atoms with van der Waals surface area (Å²) in [5.74, 6) is -1.82. The summed E-state index contributed by atoms with van der Waals surface area (Å²) in [4.78, 5) is 36.7. The number of fused-ring (bicyclic) bond motifs is 5. The van der Waals surface area contributed by atoms with Crippen molar-refractivity contribution in [2.45, 2.75) is 67.7 Å². The predicted octanol–water partition coefficient (Wildman–Crippen LogP) is -1.30. The van der Waals surface area contributed by atoms with Crippen molar-refractivity contribution in [3.05, 3.63) is 11.6 Å². The van der Waals surface area contributed by atoms with Crippen molar-refractivity contribution in [1.82, 2.24) is 0 Å². The Labute approximate surface area is 163 Å². The lowest BCUT2D eigenvalue weighted by Crippen LogP contribution is -2.85. The van der Waals surface area contributed by atoms with Crippen molar-refractivity contribution < 1.29 is 24.6 Å². The molecule has 0 aromatic carbocycles. The second-order valence-electron chi connectivity index (χ2n) is 9.31. The van der Waals surface area contributed by atoms with E-state index in [1.807, 2.05) is 0 Å². The molecule has 0 heterocycles. The summed E-state index contributed by atoms with van der Waals surface area (Å²) in [6, 6.07) is 0. The lowest BCUT2D eigenvalue weighted by Gasteiger charge is -2.67. The van der Waals surface area contributed by atoms with E-state index < -0.39 is 52.4 Å². The topological polar surface area (TPSA) is 170 Å². The van der Waals surface area contributed by atoms with Gasteiger partial charge in [-0.15, -0.1) is 0 Å². The van der Waals surface area contributed by atoms with Crippen LogP contribution < -0.4 is 17.2 Å². The molecule has 8 heteroatoms. The number of Topliss-reactive ketones (excluding diaryl/α,β-unsaturated/α-hetero) is 1. The van der Waals surface area contributed by atoms with Gasteiger partial charge in [0.05, 0.1) is 11.5 Å². The quantitative estimate of drug-likeness (QED) is 0.370. The molecule has 3 fully saturated rings. The molecule has 0 spiro atoms. The number of nitrogens with two attached hydrogens (primary N) is 3. The largest absolute Gasteiger partial charge is 0.393 e. The molecule has 154 valence electrons. The molecule has 0 bridgehead atoms. The first kappa shape index (κ1) is 19.8. The van der Waals surface area contributed by atoms with Crippen LogP contribution in [0.1, 0.15) is 44.9 Å². The fraction of sp³-hybridized carbons (Fsp3) is 0.750. The summed E-state index contributed by atoms with van der Waals surface area (Å²) in [5, 5.41) is 20.6. The molecule has 4 aliphatic carbocycles. The van der Waals surface area contributed by atoms with Crippen LogP contribution in [0.5, 0.6) is 0 Å². The summed E-state index contributed by atoms with van der Waals surface area (Å²) in [5.41, 5.74) is 16.8. The Hall–Kier alpha value is -1.45. The van der Waals surface area contributed by atoms with Gasteiger partial charge in [-0.1, -0.05) is 0 Å². The van der Waals surface area contributed by atoms with Gasteiger partial charge in [-0.25, -0.2) is 0 Å². The van der Waals surface area contributed by atoms with Crippen LogP contribution in [0.4, 0.5) is 0 Å². The van der Waals surface area contributed by atoms with Crippen LogP contribution in [0.2, 0.25) is 0 Å². The predicted molar refractivity (Wildman–Crippen MR) is 99.7 cm³/mol. The number of carbonyl (C=O) groups excluding carboxylic acids is 3.